The van der Waals surface area contributed by atoms with Gasteiger partial charge in [-0.15, -0.1) is 0 Å². The molecule has 0 amide bonds. The molecule has 0 saturated carbocycles. The minimum Gasteiger partial charge on any atom is -0.495 e. The summed E-state index contributed by atoms with van der Waals surface area (Å²) >= 11 is 15.2. The second kappa shape index (κ2) is 7.14. The third-order valence-corrected chi connectivity index (χ3v) is 5.33. The van der Waals surface area contributed by atoms with Gasteiger partial charge in [-0.25, -0.2) is 4.57 Å². The SMILES string of the molecule is COc1c(Br)cc(Br)cc1C(=O)n1c(=S)[nH]c2ccc(Br)cc2c1=O. The summed E-state index contributed by atoms with van der Waals surface area (Å²) in [5.74, 6) is -0.254. The van der Waals surface area contributed by atoms with E-state index in [-0.39, 0.29) is 10.3 Å². The number of aromatic amines is 1. The standard InChI is InChI=1S/C16H9Br3N2O3S/c1-24-13-10(5-8(18)6-11(13)19)15(23)21-14(22)9-4-7(17)2-3-12(9)20-16(21)25/h2-6H,1H3,(H,20,25). The molecule has 1 N–H and O–H groups in total. The first kappa shape index (κ1) is 18.5. The fourth-order valence-corrected chi connectivity index (χ4v) is 4.44. The zero-order valence-corrected chi connectivity index (χ0v) is 18.2. The molecule has 0 aliphatic carbocycles. The van der Waals surface area contributed by atoms with Crippen LogP contribution < -0.4 is 10.3 Å². The summed E-state index contributed by atoms with van der Waals surface area (Å²) in [6.45, 7) is 0. The van der Waals surface area contributed by atoms with Gasteiger partial charge in [0.1, 0.15) is 5.75 Å². The van der Waals surface area contributed by atoms with E-state index in [1.165, 1.54) is 7.11 Å². The van der Waals surface area contributed by atoms with Crippen LogP contribution in [-0.2, 0) is 0 Å². The van der Waals surface area contributed by atoms with Crippen molar-refractivity contribution in [1.82, 2.24) is 9.55 Å². The van der Waals surface area contributed by atoms with E-state index in [1.807, 2.05) is 0 Å². The van der Waals surface area contributed by atoms with Crippen molar-refractivity contribution in [3.05, 3.63) is 64.4 Å². The Bertz CT molecular complexity index is 1140. The Hall–Kier alpha value is -1.29. The number of aromatic nitrogens is 2. The smallest absolute Gasteiger partial charge is 0.271 e. The molecule has 1 aromatic heterocycles. The van der Waals surface area contributed by atoms with Crippen LogP contribution in [0.15, 0.2) is 48.5 Å². The van der Waals surface area contributed by atoms with E-state index in [9.17, 15) is 9.59 Å². The highest BCUT2D eigenvalue weighted by molar-refractivity contribution is 9.11. The van der Waals surface area contributed by atoms with Gasteiger partial charge in [-0.1, -0.05) is 31.9 Å². The van der Waals surface area contributed by atoms with Crippen LogP contribution in [0.5, 0.6) is 5.75 Å². The summed E-state index contributed by atoms with van der Waals surface area (Å²) in [4.78, 5) is 28.8. The van der Waals surface area contributed by atoms with Gasteiger partial charge in [0.05, 0.1) is 28.0 Å². The highest BCUT2D eigenvalue weighted by atomic mass is 79.9. The zero-order valence-electron chi connectivity index (χ0n) is 12.6. The molecule has 3 rings (SSSR count). The van der Waals surface area contributed by atoms with Crippen molar-refractivity contribution in [1.29, 1.82) is 0 Å². The van der Waals surface area contributed by atoms with Crippen LogP contribution in [0.1, 0.15) is 10.4 Å². The number of nitrogens with zero attached hydrogens (tertiary/aromatic N) is 1. The quantitative estimate of drug-likeness (QED) is 0.456. The van der Waals surface area contributed by atoms with Crippen molar-refractivity contribution in [3.8, 4) is 5.75 Å². The topological polar surface area (TPSA) is 64.1 Å². The molecule has 2 aromatic carbocycles. The van der Waals surface area contributed by atoms with Crippen LogP contribution in [0, 0.1) is 4.77 Å². The summed E-state index contributed by atoms with van der Waals surface area (Å²) in [5.41, 5.74) is 0.271. The number of benzene rings is 2. The molecule has 0 aliphatic heterocycles. The minimum atomic E-state index is -0.577. The number of hydrogen-bond donors (Lipinski definition) is 1. The van der Waals surface area contributed by atoms with Crippen LogP contribution in [0.3, 0.4) is 0 Å². The lowest BCUT2D eigenvalue weighted by molar-refractivity contribution is 0.0950. The lowest BCUT2D eigenvalue weighted by Crippen LogP contribution is -2.29. The molecule has 0 bridgehead atoms. The highest BCUT2D eigenvalue weighted by Crippen LogP contribution is 2.33. The maximum absolute atomic E-state index is 13.0. The average molecular weight is 549 g/mol. The average Bonchev–Trinajstić information content (AvgIpc) is 2.55. The summed E-state index contributed by atoms with van der Waals surface area (Å²) in [5, 5.41) is 0.351. The third-order valence-electron chi connectivity index (χ3n) is 3.51. The second-order valence-electron chi connectivity index (χ2n) is 5.03. The Labute approximate surface area is 172 Å². The molecular formula is C16H9Br3N2O3S. The molecular weight excluding hydrogens is 540 g/mol. The second-order valence-corrected chi connectivity index (χ2v) is 8.11. The van der Waals surface area contributed by atoms with E-state index >= 15 is 0 Å². The van der Waals surface area contributed by atoms with Crippen molar-refractivity contribution in [2.75, 3.05) is 7.11 Å². The summed E-state index contributed by atoms with van der Waals surface area (Å²) < 4.78 is 8.22. The zero-order chi connectivity index (χ0) is 18.3. The number of methoxy groups -OCH3 is 1. The number of ether oxygens (including phenoxy) is 1. The van der Waals surface area contributed by atoms with E-state index in [0.29, 0.717) is 25.6 Å². The number of carbonyl (C=O) groups is 1. The first-order chi connectivity index (χ1) is 11.8. The van der Waals surface area contributed by atoms with Crippen molar-refractivity contribution >= 4 is 76.8 Å². The van der Waals surface area contributed by atoms with Crippen molar-refractivity contribution < 1.29 is 9.53 Å². The van der Waals surface area contributed by atoms with Gasteiger partial charge in [0.15, 0.2) is 4.77 Å². The maximum Gasteiger partial charge on any atom is 0.271 e. The molecule has 0 atom stereocenters. The van der Waals surface area contributed by atoms with Crippen molar-refractivity contribution in [3.63, 3.8) is 0 Å². The minimum absolute atomic E-state index is 0.0166. The summed E-state index contributed by atoms with van der Waals surface area (Å²) in [7, 11) is 1.45. The number of carbonyl (C=O) groups excluding carboxylic acids is 1. The van der Waals surface area contributed by atoms with Gasteiger partial charge in [-0.2, -0.15) is 0 Å². The highest BCUT2D eigenvalue weighted by Gasteiger charge is 2.21. The molecule has 9 heteroatoms. The van der Waals surface area contributed by atoms with Crippen LogP contribution in [0.2, 0.25) is 0 Å². The Kier molecular flexibility index (Phi) is 5.29. The largest absolute Gasteiger partial charge is 0.495 e. The monoisotopic (exact) mass is 546 g/mol. The van der Waals surface area contributed by atoms with Gasteiger partial charge in [0, 0.05) is 8.95 Å². The number of halogens is 3. The molecule has 0 spiro atoms. The van der Waals surface area contributed by atoms with E-state index in [2.05, 4.69) is 52.8 Å². The number of fused-ring (bicyclic) bond motifs is 1. The lowest BCUT2D eigenvalue weighted by atomic mass is 10.2. The Morgan fingerprint density at radius 3 is 2.56 bits per heavy atom. The third kappa shape index (κ3) is 3.38. The van der Waals surface area contributed by atoms with E-state index in [0.717, 1.165) is 9.04 Å². The molecule has 0 radical (unpaired) electrons. The fraction of sp³-hybridized carbons (Fsp3) is 0.0625. The first-order valence-corrected chi connectivity index (χ1v) is 9.64. The van der Waals surface area contributed by atoms with Crippen LogP contribution in [0.25, 0.3) is 10.9 Å². The number of rotatable bonds is 2. The Balaban J connectivity index is 2.33. The first-order valence-electron chi connectivity index (χ1n) is 6.86. The summed E-state index contributed by atoms with van der Waals surface area (Å²) in [6, 6.07) is 8.48. The van der Waals surface area contributed by atoms with Gasteiger partial charge < -0.3 is 9.72 Å². The Morgan fingerprint density at radius 1 is 1.16 bits per heavy atom. The maximum atomic E-state index is 13.0. The van der Waals surface area contributed by atoms with E-state index in [4.69, 9.17) is 17.0 Å². The molecule has 0 fully saturated rings. The molecule has 1 heterocycles. The van der Waals surface area contributed by atoms with Gasteiger partial charge in [-0.3, -0.25) is 9.59 Å². The van der Waals surface area contributed by atoms with Crippen molar-refractivity contribution in [2.45, 2.75) is 0 Å². The van der Waals surface area contributed by atoms with Gasteiger partial charge in [-0.05, 0) is 58.5 Å². The van der Waals surface area contributed by atoms with Gasteiger partial charge in [0.2, 0.25) is 0 Å². The molecule has 3 aromatic rings. The van der Waals surface area contributed by atoms with E-state index in [1.54, 1.807) is 30.3 Å². The fourth-order valence-electron chi connectivity index (χ4n) is 2.42. The number of nitrogens with one attached hydrogen (secondary N) is 1. The molecule has 25 heavy (non-hydrogen) atoms. The lowest BCUT2D eigenvalue weighted by Gasteiger charge is -2.12. The van der Waals surface area contributed by atoms with Crippen LogP contribution in [-0.4, -0.2) is 22.6 Å². The molecule has 0 saturated heterocycles. The molecule has 0 aliphatic rings. The van der Waals surface area contributed by atoms with Crippen LogP contribution >= 0.6 is 60.0 Å². The Morgan fingerprint density at radius 2 is 1.88 bits per heavy atom. The predicted octanol–water partition coefficient (Wildman–Crippen LogP) is 5.04. The van der Waals surface area contributed by atoms with E-state index < -0.39 is 11.5 Å². The van der Waals surface area contributed by atoms with Crippen LogP contribution in [0.4, 0.5) is 0 Å². The predicted molar refractivity (Wildman–Crippen MR) is 109 cm³/mol. The van der Waals surface area contributed by atoms with Gasteiger partial charge in [0.25, 0.3) is 11.5 Å². The number of H-pyrrole nitrogens is 1. The normalized spacial score (nSPS) is 10.9. The summed E-state index contributed by atoms with van der Waals surface area (Å²) in [6.07, 6.45) is 0. The van der Waals surface area contributed by atoms with Crippen molar-refractivity contribution in [2.24, 2.45) is 0 Å². The van der Waals surface area contributed by atoms with Gasteiger partial charge >= 0.3 is 0 Å². The molecule has 128 valence electrons. The molecule has 5 nitrogen and oxygen atoms in total. The molecule has 0 unspecified atom stereocenters. The number of hydrogen-bond acceptors (Lipinski definition) is 4.